The van der Waals surface area contributed by atoms with Crippen molar-refractivity contribution in [2.75, 3.05) is 32.7 Å². The molecule has 0 radical (unpaired) electrons. The highest BCUT2D eigenvalue weighted by Gasteiger charge is 2.54. The maximum Gasteiger partial charge on any atom is 0.417 e. The normalized spacial score (nSPS) is 25.1. The quantitative estimate of drug-likeness (QED) is 0.843. The topological polar surface area (TPSA) is 43.8 Å². The number of hydrogen-bond acceptors (Lipinski definition) is 3. The Bertz CT molecular complexity index is 371. The predicted octanol–water partition coefficient (Wildman–Crippen LogP) is 1.63. The van der Waals surface area contributed by atoms with Crippen molar-refractivity contribution in [3.63, 3.8) is 0 Å². The lowest BCUT2D eigenvalue weighted by Gasteiger charge is -2.40. The van der Waals surface area contributed by atoms with Gasteiger partial charge in [0, 0.05) is 25.9 Å². The van der Waals surface area contributed by atoms with Crippen LogP contribution in [0.25, 0.3) is 0 Å². The van der Waals surface area contributed by atoms with Crippen LogP contribution in [0, 0.1) is 5.92 Å². The van der Waals surface area contributed by atoms with Crippen molar-refractivity contribution in [1.29, 1.82) is 0 Å². The average molecular weight is 308 g/mol. The monoisotopic (exact) mass is 308 g/mol. The molecule has 0 aromatic carbocycles. The van der Waals surface area contributed by atoms with Crippen molar-refractivity contribution < 1.29 is 23.1 Å². The summed E-state index contributed by atoms with van der Waals surface area (Å²) in [6, 6.07) is 0. The van der Waals surface area contributed by atoms with Gasteiger partial charge in [0.1, 0.15) is 0 Å². The maximum atomic E-state index is 12.7. The van der Waals surface area contributed by atoms with E-state index >= 15 is 0 Å². The van der Waals surface area contributed by atoms with Gasteiger partial charge < -0.3 is 10.0 Å². The van der Waals surface area contributed by atoms with Gasteiger partial charge in [0.15, 0.2) is 5.60 Å². The number of nitrogens with zero attached hydrogens (tertiary/aromatic N) is 2. The predicted molar refractivity (Wildman–Crippen MR) is 71.7 cm³/mol. The molecule has 4 nitrogen and oxygen atoms in total. The zero-order chi connectivity index (χ0) is 15.7. The Kier molecular flexibility index (Phi) is 4.82. The molecular weight excluding hydrogens is 285 g/mol. The summed E-state index contributed by atoms with van der Waals surface area (Å²) in [6.07, 6.45) is -3.37. The molecule has 122 valence electrons. The van der Waals surface area contributed by atoms with Gasteiger partial charge in [-0.15, -0.1) is 0 Å². The second-order valence-electron chi connectivity index (χ2n) is 6.37. The fourth-order valence-corrected chi connectivity index (χ4v) is 2.92. The first-order valence-corrected chi connectivity index (χ1v) is 7.50. The van der Waals surface area contributed by atoms with E-state index in [0.29, 0.717) is 5.92 Å². The third-order valence-electron chi connectivity index (χ3n) is 4.71. The number of hydrogen-bond donors (Lipinski definition) is 1. The summed E-state index contributed by atoms with van der Waals surface area (Å²) in [5.74, 6) is 0.543. The van der Waals surface area contributed by atoms with Gasteiger partial charge in [-0.1, -0.05) is 6.92 Å². The van der Waals surface area contributed by atoms with Crippen molar-refractivity contribution in [2.45, 2.75) is 44.4 Å². The zero-order valence-electron chi connectivity index (χ0n) is 12.3. The van der Waals surface area contributed by atoms with E-state index in [2.05, 4.69) is 11.8 Å². The van der Waals surface area contributed by atoms with E-state index in [4.69, 9.17) is 0 Å². The fraction of sp³-hybridized carbons (Fsp3) is 0.929. The summed E-state index contributed by atoms with van der Waals surface area (Å²) in [6.45, 7) is 4.14. The molecular formula is C14H23F3N2O2. The van der Waals surface area contributed by atoms with E-state index in [0.717, 1.165) is 25.9 Å². The van der Waals surface area contributed by atoms with Crippen molar-refractivity contribution >= 4 is 5.91 Å². The number of amides is 1. The first-order chi connectivity index (χ1) is 9.71. The largest absolute Gasteiger partial charge is 0.417 e. The molecule has 2 saturated heterocycles. The number of piperidine rings is 2. The molecule has 7 heteroatoms. The number of likely N-dealkylation sites (tertiary alicyclic amines) is 2. The number of carbonyl (C=O) groups excluding carboxylic acids is 1. The van der Waals surface area contributed by atoms with Crippen LogP contribution in [-0.2, 0) is 4.79 Å². The van der Waals surface area contributed by atoms with Crippen LogP contribution in [0.1, 0.15) is 32.6 Å². The van der Waals surface area contributed by atoms with Crippen LogP contribution in [0.2, 0.25) is 0 Å². The highest BCUT2D eigenvalue weighted by atomic mass is 19.4. The van der Waals surface area contributed by atoms with Crippen LogP contribution < -0.4 is 0 Å². The Morgan fingerprint density at radius 3 is 2.19 bits per heavy atom. The average Bonchev–Trinajstić information content (AvgIpc) is 2.41. The Balaban J connectivity index is 1.81. The highest BCUT2D eigenvalue weighted by Crippen LogP contribution is 2.38. The van der Waals surface area contributed by atoms with Gasteiger partial charge in [0.2, 0.25) is 5.91 Å². The minimum atomic E-state index is -4.62. The number of rotatable bonds is 2. The Hall–Kier alpha value is -0.820. The van der Waals surface area contributed by atoms with Crippen molar-refractivity contribution in [3.8, 4) is 0 Å². The lowest BCUT2D eigenvalue weighted by Crippen LogP contribution is -2.55. The van der Waals surface area contributed by atoms with Crippen LogP contribution in [0.3, 0.4) is 0 Å². The molecule has 2 aliphatic rings. The SMILES string of the molecule is CC1CCN(CC(=O)N2CCC(O)(C(F)(F)F)CC2)CC1. The molecule has 0 saturated carbocycles. The van der Waals surface area contributed by atoms with E-state index in [1.54, 1.807) is 0 Å². The lowest BCUT2D eigenvalue weighted by atomic mass is 9.90. The molecule has 2 aliphatic heterocycles. The fourth-order valence-electron chi connectivity index (χ4n) is 2.92. The first-order valence-electron chi connectivity index (χ1n) is 7.50. The van der Waals surface area contributed by atoms with Gasteiger partial charge in [0.25, 0.3) is 0 Å². The Morgan fingerprint density at radius 2 is 1.71 bits per heavy atom. The van der Waals surface area contributed by atoms with Crippen LogP contribution >= 0.6 is 0 Å². The molecule has 1 amide bonds. The van der Waals surface area contributed by atoms with Crippen LogP contribution in [0.5, 0.6) is 0 Å². The van der Waals surface area contributed by atoms with Gasteiger partial charge in [-0.05, 0) is 31.8 Å². The van der Waals surface area contributed by atoms with Crippen molar-refractivity contribution in [3.05, 3.63) is 0 Å². The maximum absolute atomic E-state index is 12.7. The molecule has 2 heterocycles. The van der Waals surface area contributed by atoms with Gasteiger partial charge in [0.05, 0.1) is 6.54 Å². The van der Waals surface area contributed by atoms with E-state index in [9.17, 15) is 23.1 Å². The first kappa shape index (κ1) is 16.5. The van der Waals surface area contributed by atoms with Gasteiger partial charge in [-0.2, -0.15) is 13.2 Å². The van der Waals surface area contributed by atoms with E-state index < -0.39 is 24.6 Å². The van der Waals surface area contributed by atoms with Crippen molar-refractivity contribution in [2.24, 2.45) is 5.92 Å². The standard InChI is InChI=1S/C14H23F3N2O2/c1-11-2-6-18(7-3-11)10-12(20)19-8-4-13(21,5-9-19)14(15,16)17/h11,21H,2-10H2,1H3. The molecule has 0 aliphatic carbocycles. The van der Waals surface area contributed by atoms with E-state index in [-0.39, 0.29) is 25.5 Å². The second-order valence-corrected chi connectivity index (χ2v) is 6.37. The highest BCUT2D eigenvalue weighted by molar-refractivity contribution is 5.78. The summed E-state index contributed by atoms with van der Waals surface area (Å²) >= 11 is 0. The number of carbonyl (C=O) groups is 1. The molecule has 0 spiro atoms. The smallest absolute Gasteiger partial charge is 0.380 e. The van der Waals surface area contributed by atoms with E-state index in [1.165, 1.54) is 4.90 Å². The second kappa shape index (κ2) is 6.12. The number of alkyl halides is 3. The third kappa shape index (κ3) is 3.88. The molecule has 2 rings (SSSR count). The number of halogens is 3. The Morgan fingerprint density at radius 1 is 1.19 bits per heavy atom. The summed E-state index contributed by atoms with van der Waals surface area (Å²) in [4.78, 5) is 15.6. The molecule has 2 fully saturated rings. The van der Waals surface area contributed by atoms with Gasteiger partial charge >= 0.3 is 6.18 Å². The van der Waals surface area contributed by atoms with E-state index in [1.807, 2.05) is 0 Å². The summed E-state index contributed by atoms with van der Waals surface area (Å²) < 4.78 is 38.1. The number of aliphatic hydroxyl groups is 1. The Labute approximate surface area is 122 Å². The minimum absolute atomic E-state index is 0.0287. The van der Waals surface area contributed by atoms with Gasteiger partial charge in [-0.25, -0.2) is 0 Å². The summed E-state index contributed by atoms with van der Waals surface area (Å²) in [5, 5.41) is 9.58. The van der Waals surface area contributed by atoms with Crippen LogP contribution in [-0.4, -0.2) is 65.3 Å². The van der Waals surface area contributed by atoms with Crippen LogP contribution in [0.15, 0.2) is 0 Å². The molecule has 0 unspecified atom stereocenters. The third-order valence-corrected chi connectivity index (χ3v) is 4.71. The summed E-state index contributed by atoms with van der Waals surface area (Å²) in [5.41, 5.74) is -2.63. The molecule has 0 atom stereocenters. The molecule has 0 bridgehead atoms. The molecule has 0 aromatic rings. The zero-order valence-corrected chi connectivity index (χ0v) is 12.3. The minimum Gasteiger partial charge on any atom is -0.380 e. The van der Waals surface area contributed by atoms with Crippen LogP contribution in [0.4, 0.5) is 13.2 Å². The molecule has 1 N–H and O–H groups in total. The lowest BCUT2D eigenvalue weighted by molar-refractivity contribution is -0.272. The molecule has 0 aromatic heterocycles. The van der Waals surface area contributed by atoms with Gasteiger partial charge in [-0.3, -0.25) is 9.69 Å². The van der Waals surface area contributed by atoms with Crippen molar-refractivity contribution in [1.82, 2.24) is 9.80 Å². The summed E-state index contributed by atoms with van der Waals surface area (Å²) in [7, 11) is 0. The molecule has 21 heavy (non-hydrogen) atoms.